The van der Waals surface area contributed by atoms with Crippen molar-refractivity contribution >= 4 is 5.95 Å². The second kappa shape index (κ2) is 6.20. The van der Waals surface area contributed by atoms with Crippen LogP contribution in [-0.4, -0.2) is 16.1 Å². The average molecular weight is 297 g/mol. The zero-order valence-electron chi connectivity index (χ0n) is 12.0. The van der Waals surface area contributed by atoms with Gasteiger partial charge in [0.1, 0.15) is 0 Å². The third-order valence-corrected chi connectivity index (χ3v) is 2.99. The van der Waals surface area contributed by atoms with Gasteiger partial charge >= 0.3 is 6.18 Å². The van der Waals surface area contributed by atoms with Crippen LogP contribution < -0.4 is 5.32 Å². The Bertz CT molecular complexity index is 588. The Hall–Kier alpha value is -1.98. The normalized spacial score (nSPS) is 11.9. The van der Waals surface area contributed by atoms with E-state index < -0.39 is 11.7 Å². The first-order chi connectivity index (χ1) is 9.86. The Balaban J connectivity index is 2.14. The molecule has 0 atom stereocenters. The van der Waals surface area contributed by atoms with Crippen LogP contribution in [0.3, 0.4) is 0 Å². The summed E-state index contributed by atoms with van der Waals surface area (Å²) in [5, 5.41) is 3.19. The molecule has 2 rings (SSSR count). The molecule has 0 unspecified atom stereocenters. The van der Waals surface area contributed by atoms with Crippen molar-refractivity contribution in [1.29, 1.82) is 0 Å². The number of anilines is 1. The Morgan fingerprint density at radius 1 is 1.29 bits per heavy atom. The van der Waals surface area contributed by atoms with E-state index in [1.807, 2.05) is 0 Å². The molecule has 0 fully saturated rings. The molecule has 1 N–H and O–H groups in total. The third kappa shape index (κ3) is 4.24. The van der Waals surface area contributed by atoms with E-state index in [9.17, 15) is 13.2 Å². The molecule has 1 aromatic heterocycles. The van der Waals surface area contributed by atoms with E-state index in [2.05, 4.69) is 24.1 Å². The quantitative estimate of drug-likeness (QED) is 0.903. The standard InChI is InChI=1S/C15H18F3N3/c1-11(2)9-20-14-19-6-7-21(14)10-12-4-3-5-13(8-12)15(16,17)18/h3-8,11H,9-10H2,1-2H3,(H,19,20). The molecule has 1 heterocycles. The van der Waals surface area contributed by atoms with E-state index >= 15 is 0 Å². The molecule has 0 radical (unpaired) electrons. The summed E-state index contributed by atoms with van der Waals surface area (Å²) >= 11 is 0. The van der Waals surface area contributed by atoms with Crippen LogP contribution in [0.25, 0.3) is 0 Å². The Morgan fingerprint density at radius 3 is 2.71 bits per heavy atom. The predicted molar refractivity (Wildman–Crippen MR) is 76.1 cm³/mol. The van der Waals surface area contributed by atoms with Crippen molar-refractivity contribution < 1.29 is 13.2 Å². The highest BCUT2D eigenvalue weighted by Crippen LogP contribution is 2.29. The zero-order valence-corrected chi connectivity index (χ0v) is 12.0. The lowest BCUT2D eigenvalue weighted by atomic mass is 10.1. The summed E-state index contributed by atoms with van der Waals surface area (Å²) < 4.78 is 39.9. The summed E-state index contributed by atoms with van der Waals surface area (Å²) in [5.41, 5.74) is -0.0350. The molecular formula is C15H18F3N3. The van der Waals surface area contributed by atoms with Crippen LogP contribution in [0.15, 0.2) is 36.7 Å². The monoisotopic (exact) mass is 297 g/mol. The van der Waals surface area contributed by atoms with Gasteiger partial charge in [-0.2, -0.15) is 13.2 Å². The molecule has 0 saturated heterocycles. The minimum Gasteiger partial charge on any atom is -0.355 e. The lowest BCUT2D eigenvalue weighted by molar-refractivity contribution is -0.137. The minimum absolute atomic E-state index is 0.352. The van der Waals surface area contributed by atoms with Crippen molar-refractivity contribution in [1.82, 2.24) is 9.55 Å². The number of hydrogen-bond acceptors (Lipinski definition) is 2. The maximum absolute atomic E-state index is 12.7. The molecule has 21 heavy (non-hydrogen) atoms. The molecule has 0 saturated carbocycles. The van der Waals surface area contributed by atoms with Gasteiger partial charge in [-0.25, -0.2) is 4.98 Å². The Morgan fingerprint density at radius 2 is 2.05 bits per heavy atom. The molecule has 2 aromatic rings. The lowest BCUT2D eigenvalue weighted by Gasteiger charge is -2.13. The number of rotatable bonds is 5. The third-order valence-electron chi connectivity index (χ3n) is 2.99. The molecule has 0 aliphatic heterocycles. The number of halogens is 3. The molecule has 3 nitrogen and oxygen atoms in total. The van der Waals surface area contributed by atoms with Gasteiger partial charge in [0.05, 0.1) is 12.1 Å². The molecule has 0 aliphatic carbocycles. The van der Waals surface area contributed by atoms with Crippen LogP contribution in [0.1, 0.15) is 25.0 Å². The predicted octanol–water partition coefficient (Wildman–Crippen LogP) is 4.02. The molecule has 114 valence electrons. The average Bonchev–Trinajstić information content (AvgIpc) is 2.83. The highest BCUT2D eigenvalue weighted by molar-refractivity contribution is 5.30. The van der Waals surface area contributed by atoms with E-state index in [4.69, 9.17) is 0 Å². The van der Waals surface area contributed by atoms with Gasteiger partial charge in [0, 0.05) is 18.9 Å². The summed E-state index contributed by atoms with van der Waals surface area (Å²) in [6, 6.07) is 5.36. The molecule has 0 aliphatic rings. The van der Waals surface area contributed by atoms with E-state index in [-0.39, 0.29) is 0 Å². The van der Waals surface area contributed by atoms with Crippen molar-refractivity contribution in [2.24, 2.45) is 5.92 Å². The second-order valence-electron chi connectivity index (χ2n) is 5.35. The van der Waals surface area contributed by atoms with Gasteiger partial charge in [-0.05, 0) is 23.6 Å². The first kappa shape index (κ1) is 15.4. The van der Waals surface area contributed by atoms with Crippen LogP contribution in [0.5, 0.6) is 0 Å². The van der Waals surface area contributed by atoms with Crippen LogP contribution in [0.2, 0.25) is 0 Å². The maximum atomic E-state index is 12.7. The van der Waals surface area contributed by atoms with E-state index in [0.717, 1.165) is 12.6 Å². The van der Waals surface area contributed by atoms with Gasteiger partial charge in [-0.3, -0.25) is 0 Å². The van der Waals surface area contributed by atoms with Gasteiger partial charge in [-0.1, -0.05) is 26.0 Å². The Kier molecular flexibility index (Phi) is 4.55. The fraction of sp³-hybridized carbons (Fsp3) is 0.400. The zero-order chi connectivity index (χ0) is 15.5. The number of alkyl halides is 3. The van der Waals surface area contributed by atoms with Gasteiger partial charge in [0.25, 0.3) is 0 Å². The van der Waals surface area contributed by atoms with Crippen LogP contribution >= 0.6 is 0 Å². The maximum Gasteiger partial charge on any atom is 0.416 e. The van der Waals surface area contributed by atoms with Gasteiger partial charge < -0.3 is 9.88 Å². The van der Waals surface area contributed by atoms with Crippen LogP contribution in [0, 0.1) is 5.92 Å². The van der Waals surface area contributed by atoms with Gasteiger partial charge in [0.2, 0.25) is 5.95 Å². The highest BCUT2D eigenvalue weighted by Gasteiger charge is 2.30. The molecule has 1 aromatic carbocycles. The number of benzene rings is 1. The molecule has 0 spiro atoms. The molecule has 0 amide bonds. The van der Waals surface area contributed by atoms with Crippen molar-refractivity contribution in [3.8, 4) is 0 Å². The number of nitrogens with zero attached hydrogens (tertiary/aromatic N) is 2. The first-order valence-electron chi connectivity index (χ1n) is 6.77. The van der Waals surface area contributed by atoms with Crippen LogP contribution in [-0.2, 0) is 12.7 Å². The van der Waals surface area contributed by atoms with Gasteiger partial charge in [0.15, 0.2) is 0 Å². The lowest BCUT2D eigenvalue weighted by Crippen LogP contribution is -2.13. The number of hydrogen-bond donors (Lipinski definition) is 1. The fourth-order valence-electron chi connectivity index (χ4n) is 1.94. The highest BCUT2D eigenvalue weighted by atomic mass is 19.4. The van der Waals surface area contributed by atoms with Crippen LogP contribution in [0.4, 0.5) is 19.1 Å². The van der Waals surface area contributed by atoms with E-state index in [1.54, 1.807) is 23.0 Å². The minimum atomic E-state index is -4.32. The smallest absolute Gasteiger partial charge is 0.355 e. The molecular weight excluding hydrogens is 279 g/mol. The number of aromatic nitrogens is 2. The summed E-state index contributed by atoms with van der Waals surface area (Å²) in [5.74, 6) is 1.13. The summed E-state index contributed by atoms with van der Waals surface area (Å²) in [7, 11) is 0. The Labute approximate surface area is 121 Å². The summed E-state index contributed by atoms with van der Waals surface area (Å²) in [6.45, 7) is 5.27. The van der Waals surface area contributed by atoms with E-state index in [1.165, 1.54) is 12.1 Å². The summed E-state index contributed by atoms with van der Waals surface area (Å²) in [4.78, 5) is 4.19. The second-order valence-corrected chi connectivity index (χ2v) is 5.35. The first-order valence-corrected chi connectivity index (χ1v) is 6.77. The fourth-order valence-corrected chi connectivity index (χ4v) is 1.94. The van der Waals surface area contributed by atoms with Crippen molar-refractivity contribution in [2.45, 2.75) is 26.6 Å². The molecule has 0 bridgehead atoms. The van der Waals surface area contributed by atoms with Crippen molar-refractivity contribution in [2.75, 3.05) is 11.9 Å². The van der Waals surface area contributed by atoms with E-state index in [0.29, 0.717) is 24.0 Å². The largest absolute Gasteiger partial charge is 0.416 e. The summed E-state index contributed by atoms with van der Waals surface area (Å²) in [6.07, 6.45) is -0.928. The molecule has 6 heteroatoms. The van der Waals surface area contributed by atoms with Gasteiger partial charge in [-0.15, -0.1) is 0 Å². The van der Waals surface area contributed by atoms with Crippen molar-refractivity contribution in [3.05, 3.63) is 47.8 Å². The number of imidazole rings is 1. The van der Waals surface area contributed by atoms with Crippen molar-refractivity contribution in [3.63, 3.8) is 0 Å². The number of nitrogens with one attached hydrogen (secondary N) is 1. The topological polar surface area (TPSA) is 29.9 Å². The SMILES string of the molecule is CC(C)CNc1nccn1Cc1cccc(C(F)(F)F)c1.